The van der Waals surface area contributed by atoms with Gasteiger partial charge in [-0.25, -0.2) is 22.8 Å². The van der Waals surface area contributed by atoms with E-state index in [2.05, 4.69) is 20.4 Å². The van der Waals surface area contributed by atoms with Crippen molar-refractivity contribution >= 4 is 16.8 Å². The second-order valence-corrected chi connectivity index (χ2v) is 6.96. The van der Waals surface area contributed by atoms with Crippen LogP contribution in [-0.2, 0) is 7.05 Å². The van der Waals surface area contributed by atoms with Crippen molar-refractivity contribution < 1.29 is 18.0 Å². The Labute approximate surface area is 169 Å². The summed E-state index contributed by atoms with van der Waals surface area (Å²) in [6.07, 6.45) is -1.43. The lowest BCUT2D eigenvalue weighted by molar-refractivity contribution is 0.0925. The van der Waals surface area contributed by atoms with Crippen LogP contribution in [0.3, 0.4) is 0 Å². The first-order valence-corrected chi connectivity index (χ1v) is 9.19. The molecule has 4 aromatic rings. The number of aryl methyl sites for hydroxylation is 1. The maximum atomic E-state index is 13.7. The molecule has 4 rings (SSSR count). The molecule has 1 unspecified atom stereocenters. The molecule has 0 spiro atoms. The molecule has 9 heteroatoms. The Morgan fingerprint density at radius 1 is 1.17 bits per heavy atom. The van der Waals surface area contributed by atoms with Crippen LogP contribution in [0.1, 0.15) is 41.1 Å². The molecule has 1 amide bonds. The second-order valence-electron chi connectivity index (χ2n) is 6.96. The fourth-order valence-electron chi connectivity index (χ4n) is 3.36. The number of hydrogen-bond donors (Lipinski definition) is 2. The maximum absolute atomic E-state index is 13.7. The average molecular weight is 413 g/mol. The summed E-state index contributed by atoms with van der Waals surface area (Å²) in [7, 11) is 1.63. The van der Waals surface area contributed by atoms with E-state index in [1.54, 1.807) is 19.2 Å². The molecule has 0 bridgehead atoms. The van der Waals surface area contributed by atoms with Gasteiger partial charge in [0.2, 0.25) is 5.82 Å². The first kappa shape index (κ1) is 19.7. The number of carbonyl (C=O) groups is 1. The molecule has 0 saturated heterocycles. The molecule has 0 aliphatic rings. The number of H-pyrrole nitrogens is 1. The average Bonchev–Trinajstić information content (AvgIpc) is 3.32. The summed E-state index contributed by atoms with van der Waals surface area (Å²) in [5.41, 5.74) is 1.80. The van der Waals surface area contributed by atoms with E-state index in [1.165, 1.54) is 11.0 Å². The maximum Gasteiger partial charge on any atom is 0.289 e. The minimum Gasteiger partial charge on any atom is -0.355 e. The SMILES string of the molecule is CC(NC(=O)c1ncnn1C)c1ccc2[nH]c(-c3cc(F)ccc3C(F)F)cc2c1. The van der Waals surface area contributed by atoms with Gasteiger partial charge in [0.1, 0.15) is 12.1 Å². The third-order valence-corrected chi connectivity index (χ3v) is 4.95. The highest BCUT2D eigenvalue weighted by atomic mass is 19.3. The number of hydrogen-bond acceptors (Lipinski definition) is 3. The van der Waals surface area contributed by atoms with E-state index in [4.69, 9.17) is 0 Å². The quantitative estimate of drug-likeness (QED) is 0.505. The molecule has 6 nitrogen and oxygen atoms in total. The normalized spacial score (nSPS) is 12.5. The largest absolute Gasteiger partial charge is 0.355 e. The van der Waals surface area contributed by atoms with E-state index in [0.717, 1.165) is 29.1 Å². The van der Waals surface area contributed by atoms with Crippen LogP contribution < -0.4 is 5.32 Å². The number of carbonyl (C=O) groups excluding carboxylic acids is 1. The highest BCUT2D eigenvalue weighted by molar-refractivity contribution is 5.91. The lowest BCUT2D eigenvalue weighted by atomic mass is 10.0. The van der Waals surface area contributed by atoms with Crippen LogP contribution in [0.25, 0.3) is 22.2 Å². The number of nitrogens with zero attached hydrogens (tertiary/aromatic N) is 3. The predicted octanol–water partition coefficient (Wildman–Crippen LogP) is 4.53. The number of alkyl halides is 2. The van der Waals surface area contributed by atoms with E-state index in [-0.39, 0.29) is 28.9 Å². The van der Waals surface area contributed by atoms with Gasteiger partial charge in [-0.1, -0.05) is 6.07 Å². The molecular weight excluding hydrogens is 395 g/mol. The lowest BCUT2D eigenvalue weighted by Gasteiger charge is -2.14. The number of aromatic nitrogens is 4. The molecule has 0 saturated carbocycles. The monoisotopic (exact) mass is 413 g/mol. The Balaban J connectivity index is 1.64. The smallest absolute Gasteiger partial charge is 0.289 e. The molecular formula is C21H18F3N5O. The van der Waals surface area contributed by atoms with E-state index >= 15 is 0 Å². The molecule has 2 N–H and O–H groups in total. The number of amides is 1. The molecule has 2 aromatic carbocycles. The number of halogens is 3. The van der Waals surface area contributed by atoms with E-state index in [9.17, 15) is 18.0 Å². The summed E-state index contributed by atoms with van der Waals surface area (Å²) < 4.78 is 41.8. The minimum atomic E-state index is -2.72. The Bertz CT molecular complexity index is 1230. The van der Waals surface area contributed by atoms with Crippen LogP contribution >= 0.6 is 0 Å². The standard InChI is InChI=1S/C21H18F3N5O/c1-11(27-21(30)20-25-10-26-29(20)2)12-3-6-17-13(7-12)8-18(28-17)16-9-14(22)4-5-15(16)19(23)24/h3-11,19,28H,1-2H3,(H,27,30). The van der Waals surface area contributed by atoms with Crippen LogP contribution in [0.5, 0.6) is 0 Å². The zero-order chi connectivity index (χ0) is 21.4. The van der Waals surface area contributed by atoms with Crippen molar-refractivity contribution in [3.8, 4) is 11.3 Å². The predicted molar refractivity (Wildman–Crippen MR) is 106 cm³/mol. The van der Waals surface area contributed by atoms with E-state index in [0.29, 0.717) is 11.2 Å². The number of nitrogens with one attached hydrogen (secondary N) is 2. The van der Waals surface area contributed by atoms with Gasteiger partial charge in [-0.15, -0.1) is 0 Å². The van der Waals surface area contributed by atoms with Gasteiger partial charge in [0.25, 0.3) is 12.3 Å². The van der Waals surface area contributed by atoms with Crippen molar-refractivity contribution in [3.63, 3.8) is 0 Å². The van der Waals surface area contributed by atoms with Gasteiger partial charge in [-0.3, -0.25) is 4.79 Å². The number of benzene rings is 2. The minimum absolute atomic E-state index is 0.117. The highest BCUT2D eigenvalue weighted by Crippen LogP contribution is 2.33. The van der Waals surface area contributed by atoms with Crippen LogP contribution in [0, 0.1) is 5.82 Å². The van der Waals surface area contributed by atoms with Gasteiger partial charge in [0.05, 0.1) is 6.04 Å². The van der Waals surface area contributed by atoms with Crippen molar-refractivity contribution in [1.82, 2.24) is 25.1 Å². The third-order valence-electron chi connectivity index (χ3n) is 4.95. The first-order valence-electron chi connectivity index (χ1n) is 9.19. The second kappa shape index (κ2) is 7.66. The van der Waals surface area contributed by atoms with Crippen LogP contribution in [-0.4, -0.2) is 25.7 Å². The van der Waals surface area contributed by atoms with Crippen molar-refractivity contribution in [2.24, 2.45) is 7.05 Å². The van der Waals surface area contributed by atoms with Gasteiger partial charge >= 0.3 is 0 Å². The number of aromatic amines is 1. The molecule has 0 aliphatic heterocycles. The molecule has 0 fully saturated rings. The van der Waals surface area contributed by atoms with Crippen molar-refractivity contribution in [1.29, 1.82) is 0 Å². The van der Waals surface area contributed by atoms with Gasteiger partial charge in [-0.05, 0) is 48.9 Å². The Hall–Kier alpha value is -3.62. The van der Waals surface area contributed by atoms with Gasteiger partial charge in [0, 0.05) is 34.8 Å². The fourth-order valence-corrected chi connectivity index (χ4v) is 3.36. The molecule has 1 atom stereocenters. The van der Waals surface area contributed by atoms with Gasteiger partial charge in [-0.2, -0.15) is 5.10 Å². The molecule has 154 valence electrons. The van der Waals surface area contributed by atoms with Gasteiger partial charge < -0.3 is 10.3 Å². The van der Waals surface area contributed by atoms with E-state index in [1.807, 2.05) is 19.1 Å². The third kappa shape index (κ3) is 3.66. The van der Waals surface area contributed by atoms with Crippen molar-refractivity contribution in [2.45, 2.75) is 19.4 Å². The Morgan fingerprint density at radius 3 is 2.67 bits per heavy atom. The summed E-state index contributed by atoms with van der Waals surface area (Å²) >= 11 is 0. The summed E-state index contributed by atoms with van der Waals surface area (Å²) in [5, 5.41) is 7.49. The zero-order valence-electron chi connectivity index (χ0n) is 16.2. The van der Waals surface area contributed by atoms with Crippen molar-refractivity contribution in [2.75, 3.05) is 0 Å². The molecule has 2 aromatic heterocycles. The van der Waals surface area contributed by atoms with Crippen LogP contribution in [0.15, 0.2) is 48.8 Å². The zero-order valence-corrected chi connectivity index (χ0v) is 16.2. The number of fused-ring (bicyclic) bond motifs is 1. The van der Waals surface area contributed by atoms with Crippen LogP contribution in [0.4, 0.5) is 13.2 Å². The topological polar surface area (TPSA) is 75.6 Å². The molecule has 2 heterocycles. The lowest BCUT2D eigenvalue weighted by Crippen LogP contribution is -2.29. The molecule has 0 aliphatic carbocycles. The summed E-state index contributed by atoms with van der Waals surface area (Å²) in [4.78, 5) is 19.3. The summed E-state index contributed by atoms with van der Waals surface area (Å²) in [6.45, 7) is 1.82. The fraction of sp³-hybridized carbons (Fsp3) is 0.190. The van der Waals surface area contributed by atoms with Crippen LogP contribution in [0.2, 0.25) is 0 Å². The van der Waals surface area contributed by atoms with E-state index < -0.39 is 12.2 Å². The molecule has 30 heavy (non-hydrogen) atoms. The summed E-state index contributed by atoms with van der Waals surface area (Å²) in [5.74, 6) is -0.759. The Morgan fingerprint density at radius 2 is 1.97 bits per heavy atom. The highest BCUT2D eigenvalue weighted by Gasteiger charge is 2.18. The molecule has 0 radical (unpaired) electrons. The number of rotatable bonds is 5. The Kier molecular flexibility index (Phi) is 5.03. The van der Waals surface area contributed by atoms with Crippen molar-refractivity contribution in [3.05, 3.63) is 71.6 Å². The van der Waals surface area contributed by atoms with Gasteiger partial charge in [0.15, 0.2) is 0 Å². The first-order chi connectivity index (χ1) is 14.3. The summed E-state index contributed by atoms with van der Waals surface area (Å²) in [6, 6.07) is 10.0.